The van der Waals surface area contributed by atoms with Gasteiger partial charge in [-0.05, 0) is 25.8 Å². The van der Waals surface area contributed by atoms with Crippen LogP contribution in [0.2, 0.25) is 0 Å². The summed E-state index contributed by atoms with van der Waals surface area (Å²) < 4.78 is 5.66. The molecule has 0 spiro atoms. The standard InChI is InChI=1S/C11H20N4O/c1-7-5-15(6-8(7)2)11-14-13-10(16-11)9(3)12-4/h7-9,12H,5-6H2,1-4H3. The third-order valence-corrected chi connectivity index (χ3v) is 3.49. The van der Waals surface area contributed by atoms with Gasteiger partial charge < -0.3 is 14.6 Å². The molecule has 16 heavy (non-hydrogen) atoms. The Hall–Kier alpha value is -1.10. The Morgan fingerprint density at radius 1 is 1.31 bits per heavy atom. The van der Waals surface area contributed by atoms with Gasteiger partial charge in [-0.3, -0.25) is 0 Å². The zero-order chi connectivity index (χ0) is 11.7. The van der Waals surface area contributed by atoms with Crippen LogP contribution in [0.25, 0.3) is 0 Å². The maximum Gasteiger partial charge on any atom is 0.318 e. The van der Waals surface area contributed by atoms with E-state index in [2.05, 4.69) is 34.3 Å². The van der Waals surface area contributed by atoms with E-state index in [-0.39, 0.29) is 6.04 Å². The van der Waals surface area contributed by atoms with Crippen LogP contribution in [0, 0.1) is 11.8 Å². The van der Waals surface area contributed by atoms with E-state index in [1.54, 1.807) is 0 Å². The largest absolute Gasteiger partial charge is 0.406 e. The van der Waals surface area contributed by atoms with E-state index in [4.69, 9.17) is 4.42 Å². The molecule has 5 nitrogen and oxygen atoms in total. The molecule has 1 aliphatic rings. The van der Waals surface area contributed by atoms with E-state index in [0.717, 1.165) is 13.1 Å². The molecule has 0 aromatic carbocycles. The highest BCUT2D eigenvalue weighted by Gasteiger charge is 2.29. The SMILES string of the molecule is CNC(C)c1nnc(N2CC(C)C(C)C2)o1. The molecule has 1 aromatic rings. The van der Waals surface area contributed by atoms with Gasteiger partial charge in [-0.15, -0.1) is 5.10 Å². The minimum absolute atomic E-state index is 0.110. The van der Waals surface area contributed by atoms with Crippen molar-refractivity contribution in [2.75, 3.05) is 25.0 Å². The lowest BCUT2D eigenvalue weighted by atomic mass is 10.0. The molecular weight excluding hydrogens is 204 g/mol. The molecule has 0 saturated carbocycles. The highest BCUT2D eigenvalue weighted by Crippen LogP contribution is 2.27. The van der Waals surface area contributed by atoms with Crippen molar-refractivity contribution in [3.8, 4) is 0 Å². The molecule has 2 heterocycles. The number of hydrogen-bond donors (Lipinski definition) is 1. The predicted molar refractivity (Wildman–Crippen MR) is 62.3 cm³/mol. The van der Waals surface area contributed by atoms with Crippen LogP contribution < -0.4 is 10.2 Å². The van der Waals surface area contributed by atoms with Crippen LogP contribution >= 0.6 is 0 Å². The molecule has 0 bridgehead atoms. The van der Waals surface area contributed by atoms with E-state index in [1.807, 2.05) is 14.0 Å². The third kappa shape index (κ3) is 2.04. The van der Waals surface area contributed by atoms with E-state index in [9.17, 15) is 0 Å². The van der Waals surface area contributed by atoms with Gasteiger partial charge in [0.25, 0.3) is 0 Å². The number of aromatic nitrogens is 2. The average molecular weight is 224 g/mol. The molecule has 1 fully saturated rings. The Kier molecular flexibility index (Phi) is 3.14. The molecule has 0 amide bonds. The summed E-state index contributed by atoms with van der Waals surface area (Å²) in [4.78, 5) is 2.17. The lowest BCUT2D eigenvalue weighted by Gasteiger charge is -2.11. The van der Waals surface area contributed by atoms with Crippen LogP contribution in [0.15, 0.2) is 4.42 Å². The molecule has 3 atom stereocenters. The highest BCUT2D eigenvalue weighted by molar-refractivity contribution is 5.27. The summed E-state index contributed by atoms with van der Waals surface area (Å²) >= 11 is 0. The normalized spacial score (nSPS) is 27.4. The summed E-state index contributed by atoms with van der Waals surface area (Å²) in [6.07, 6.45) is 0. The quantitative estimate of drug-likeness (QED) is 0.842. The number of rotatable bonds is 3. The summed E-state index contributed by atoms with van der Waals surface area (Å²) in [5.74, 6) is 2.04. The van der Waals surface area contributed by atoms with Crippen LogP contribution in [0.1, 0.15) is 32.7 Å². The molecule has 3 unspecified atom stereocenters. The van der Waals surface area contributed by atoms with Crippen molar-refractivity contribution in [1.82, 2.24) is 15.5 Å². The van der Waals surface area contributed by atoms with Gasteiger partial charge in [0.2, 0.25) is 5.89 Å². The molecule has 90 valence electrons. The highest BCUT2D eigenvalue weighted by atomic mass is 16.4. The summed E-state index contributed by atoms with van der Waals surface area (Å²) in [6.45, 7) is 8.55. The van der Waals surface area contributed by atoms with Crippen LogP contribution in [-0.4, -0.2) is 30.3 Å². The van der Waals surface area contributed by atoms with Gasteiger partial charge in [-0.2, -0.15) is 0 Å². The van der Waals surface area contributed by atoms with Crippen molar-refractivity contribution >= 4 is 6.01 Å². The lowest BCUT2D eigenvalue weighted by molar-refractivity contribution is 0.432. The Morgan fingerprint density at radius 3 is 2.50 bits per heavy atom. The minimum Gasteiger partial charge on any atom is -0.406 e. The van der Waals surface area contributed by atoms with Crippen molar-refractivity contribution in [3.63, 3.8) is 0 Å². The van der Waals surface area contributed by atoms with E-state index in [1.165, 1.54) is 0 Å². The van der Waals surface area contributed by atoms with Crippen molar-refractivity contribution in [1.29, 1.82) is 0 Å². The first-order valence-electron chi connectivity index (χ1n) is 5.87. The maximum atomic E-state index is 5.66. The second kappa shape index (κ2) is 4.41. The van der Waals surface area contributed by atoms with Crippen LogP contribution in [0.4, 0.5) is 6.01 Å². The summed E-state index contributed by atoms with van der Waals surface area (Å²) in [5, 5.41) is 11.3. The first-order valence-corrected chi connectivity index (χ1v) is 5.87. The smallest absolute Gasteiger partial charge is 0.318 e. The molecule has 5 heteroatoms. The zero-order valence-electron chi connectivity index (χ0n) is 10.4. The van der Waals surface area contributed by atoms with Crippen LogP contribution in [-0.2, 0) is 0 Å². The number of anilines is 1. The number of hydrogen-bond acceptors (Lipinski definition) is 5. The number of nitrogens with one attached hydrogen (secondary N) is 1. The fraction of sp³-hybridized carbons (Fsp3) is 0.818. The molecule has 1 aliphatic heterocycles. The van der Waals surface area contributed by atoms with Gasteiger partial charge in [0.1, 0.15) is 0 Å². The Bertz CT molecular complexity index is 342. The molecule has 1 N–H and O–H groups in total. The molecular formula is C11H20N4O. The molecule has 1 saturated heterocycles. The van der Waals surface area contributed by atoms with Crippen LogP contribution in [0.3, 0.4) is 0 Å². The van der Waals surface area contributed by atoms with Gasteiger partial charge in [0.15, 0.2) is 0 Å². The first-order chi connectivity index (χ1) is 7.61. The third-order valence-electron chi connectivity index (χ3n) is 3.49. The second-order valence-corrected chi connectivity index (χ2v) is 4.79. The van der Waals surface area contributed by atoms with Gasteiger partial charge in [-0.25, -0.2) is 0 Å². The minimum atomic E-state index is 0.110. The van der Waals surface area contributed by atoms with Gasteiger partial charge in [0, 0.05) is 13.1 Å². The lowest BCUT2D eigenvalue weighted by Crippen LogP contribution is -2.19. The summed E-state index contributed by atoms with van der Waals surface area (Å²) in [7, 11) is 1.88. The number of nitrogens with zero attached hydrogens (tertiary/aromatic N) is 3. The predicted octanol–water partition coefficient (Wildman–Crippen LogP) is 1.44. The van der Waals surface area contributed by atoms with Gasteiger partial charge in [0.05, 0.1) is 6.04 Å². The van der Waals surface area contributed by atoms with Crippen molar-refractivity contribution < 1.29 is 4.42 Å². The summed E-state index contributed by atoms with van der Waals surface area (Å²) in [5.41, 5.74) is 0. The molecule has 1 aromatic heterocycles. The van der Waals surface area contributed by atoms with Gasteiger partial charge in [-0.1, -0.05) is 18.9 Å². The van der Waals surface area contributed by atoms with E-state index >= 15 is 0 Å². The Balaban J connectivity index is 2.08. The second-order valence-electron chi connectivity index (χ2n) is 4.79. The average Bonchev–Trinajstić information content (AvgIpc) is 2.86. The van der Waals surface area contributed by atoms with E-state index in [0.29, 0.717) is 23.7 Å². The first kappa shape index (κ1) is 11.4. The summed E-state index contributed by atoms with van der Waals surface area (Å²) in [6, 6.07) is 0.770. The monoisotopic (exact) mass is 224 g/mol. The molecule has 0 aliphatic carbocycles. The van der Waals surface area contributed by atoms with Crippen LogP contribution in [0.5, 0.6) is 0 Å². The molecule has 2 rings (SSSR count). The van der Waals surface area contributed by atoms with E-state index < -0.39 is 0 Å². The Morgan fingerprint density at radius 2 is 1.94 bits per heavy atom. The molecule has 0 radical (unpaired) electrons. The maximum absolute atomic E-state index is 5.66. The van der Waals surface area contributed by atoms with Crippen molar-refractivity contribution in [2.24, 2.45) is 11.8 Å². The zero-order valence-corrected chi connectivity index (χ0v) is 10.4. The fourth-order valence-electron chi connectivity index (χ4n) is 1.94. The topological polar surface area (TPSA) is 54.2 Å². The van der Waals surface area contributed by atoms with Crippen molar-refractivity contribution in [3.05, 3.63) is 5.89 Å². The van der Waals surface area contributed by atoms with Crippen molar-refractivity contribution in [2.45, 2.75) is 26.8 Å². The van der Waals surface area contributed by atoms with Gasteiger partial charge >= 0.3 is 6.01 Å². The Labute approximate surface area is 96.2 Å². The fourth-order valence-corrected chi connectivity index (χ4v) is 1.94.